The van der Waals surface area contributed by atoms with Crippen molar-refractivity contribution in [1.29, 1.82) is 0 Å². The van der Waals surface area contributed by atoms with E-state index in [1.807, 2.05) is 0 Å². The van der Waals surface area contributed by atoms with Gasteiger partial charge in [-0.2, -0.15) is 0 Å². The second kappa shape index (κ2) is 6.91. The summed E-state index contributed by atoms with van der Waals surface area (Å²) >= 11 is 0. The van der Waals surface area contributed by atoms with Gasteiger partial charge in [-0.15, -0.1) is 0 Å². The number of amides is 1. The van der Waals surface area contributed by atoms with Crippen molar-refractivity contribution in [3.63, 3.8) is 0 Å². The van der Waals surface area contributed by atoms with Crippen LogP contribution in [0.4, 0.5) is 10.1 Å². The van der Waals surface area contributed by atoms with Crippen molar-refractivity contribution in [3.8, 4) is 0 Å². The maximum atomic E-state index is 12.9. The minimum atomic E-state index is -0.474. The summed E-state index contributed by atoms with van der Waals surface area (Å²) in [6.07, 6.45) is 2.06. The Kier molecular flexibility index (Phi) is 4.66. The predicted molar refractivity (Wildman–Crippen MR) is 95.6 cm³/mol. The quantitative estimate of drug-likeness (QED) is 0.764. The fourth-order valence-corrected chi connectivity index (χ4v) is 2.67. The Balaban J connectivity index is 1.78. The molecule has 2 aromatic heterocycles. The summed E-state index contributed by atoms with van der Waals surface area (Å²) in [7, 11) is 2.91. The monoisotopic (exact) mass is 356 g/mol. The van der Waals surface area contributed by atoms with Crippen molar-refractivity contribution >= 4 is 22.6 Å². The van der Waals surface area contributed by atoms with Gasteiger partial charge >= 0.3 is 5.69 Å². The molecule has 0 spiro atoms. The Bertz CT molecular complexity index is 1100. The van der Waals surface area contributed by atoms with Gasteiger partial charge in [-0.1, -0.05) is 12.1 Å². The number of halogens is 1. The molecule has 3 aromatic rings. The molecule has 0 fully saturated rings. The van der Waals surface area contributed by atoms with Crippen LogP contribution in [0.15, 0.2) is 46.1 Å². The number of carbonyl (C=O) groups excluding carboxylic acids is 1. The van der Waals surface area contributed by atoms with Gasteiger partial charge in [0.05, 0.1) is 17.3 Å². The Morgan fingerprint density at radius 3 is 2.54 bits per heavy atom. The standard InChI is InChI=1S/C18H17FN4O3/c1-22-16-14(17(25)23(2)18(22)26)9-13(10-20-16)21-15(24)8-5-11-3-6-12(19)7-4-11/h3-4,6-7,9-10H,5,8H2,1-2H3,(H,21,24). The number of hydrogen-bond donors (Lipinski definition) is 1. The fourth-order valence-electron chi connectivity index (χ4n) is 2.67. The van der Waals surface area contributed by atoms with Crippen LogP contribution < -0.4 is 16.6 Å². The molecule has 3 rings (SSSR count). The molecule has 0 unspecified atom stereocenters. The van der Waals surface area contributed by atoms with Crippen LogP contribution in [0, 0.1) is 5.82 Å². The molecule has 8 heteroatoms. The van der Waals surface area contributed by atoms with E-state index in [1.165, 1.54) is 43.1 Å². The maximum Gasteiger partial charge on any atom is 0.332 e. The van der Waals surface area contributed by atoms with Crippen molar-refractivity contribution in [2.75, 3.05) is 5.32 Å². The van der Waals surface area contributed by atoms with E-state index in [2.05, 4.69) is 10.3 Å². The third-order valence-electron chi connectivity index (χ3n) is 4.13. The summed E-state index contributed by atoms with van der Waals surface area (Å²) in [5.74, 6) is -0.575. The van der Waals surface area contributed by atoms with Gasteiger partial charge in [0.25, 0.3) is 5.56 Å². The average Bonchev–Trinajstić information content (AvgIpc) is 2.64. The highest BCUT2D eigenvalue weighted by Gasteiger charge is 2.11. The molecule has 0 aliphatic rings. The number of benzene rings is 1. The molecule has 7 nitrogen and oxygen atoms in total. The zero-order chi connectivity index (χ0) is 18.8. The molecule has 0 atom stereocenters. The van der Waals surface area contributed by atoms with Crippen LogP contribution in [0.25, 0.3) is 11.0 Å². The number of carbonyl (C=O) groups is 1. The van der Waals surface area contributed by atoms with E-state index < -0.39 is 11.2 Å². The number of aryl methyl sites for hydroxylation is 2. The first kappa shape index (κ1) is 17.5. The van der Waals surface area contributed by atoms with Crippen LogP contribution in [0.3, 0.4) is 0 Å². The highest BCUT2D eigenvalue weighted by molar-refractivity contribution is 5.92. The molecule has 0 radical (unpaired) electrons. The molecule has 0 saturated heterocycles. The highest BCUT2D eigenvalue weighted by Crippen LogP contribution is 2.13. The van der Waals surface area contributed by atoms with Gasteiger partial charge in [-0.05, 0) is 30.2 Å². The van der Waals surface area contributed by atoms with Crippen molar-refractivity contribution in [1.82, 2.24) is 14.1 Å². The molecule has 134 valence electrons. The third-order valence-corrected chi connectivity index (χ3v) is 4.13. The van der Waals surface area contributed by atoms with E-state index in [1.54, 1.807) is 12.1 Å². The first-order valence-corrected chi connectivity index (χ1v) is 7.97. The van der Waals surface area contributed by atoms with Crippen LogP contribution in [0.1, 0.15) is 12.0 Å². The Morgan fingerprint density at radius 1 is 1.15 bits per heavy atom. The summed E-state index contributed by atoms with van der Waals surface area (Å²) in [4.78, 5) is 40.4. The molecule has 1 N–H and O–H groups in total. The van der Waals surface area contributed by atoms with Gasteiger partial charge in [0.1, 0.15) is 11.5 Å². The fraction of sp³-hybridized carbons (Fsp3) is 0.222. The summed E-state index contributed by atoms with van der Waals surface area (Å²) in [6.45, 7) is 0. The van der Waals surface area contributed by atoms with E-state index in [9.17, 15) is 18.8 Å². The molecule has 2 heterocycles. The van der Waals surface area contributed by atoms with E-state index >= 15 is 0 Å². The smallest absolute Gasteiger partial charge is 0.325 e. The maximum absolute atomic E-state index is 12.9. The zero-order valence-corrected chi connectivity index (χ0v) is 14.3. The number of hydrogen-bond acceptors (Lipinski definition) is 4. The topological polar surface area (TPSA) is 86.0 Å². The van der Waals surface area contributed by atoms with Crippen molar-refractivity contribution < 1.29 is 9.18 Å². The van der Waals surface area contributed by atoms with Crippen LogP contribution in [-0.2, 0) is 25.3 Å². The normalized spacial score (nSPS) is 10.9. The van der Waals surface area contributed by atoms with Crippen molar-refractivity contribution in [3.05, 3.63) is 68.7 Å². The molecule has 26 heavy (non-hydrogen) atoms. The van der Waals surface area contributed by atoms with Gasteiger partial charge in [0, 0.05) is 20.5 Å². The number of nitrogens with one attached hydrogen (secondary N) is 1. The van der Waals surface area contributed by atoms with E-state index in [-0.39, 0.29) is 29.2 Å². The lowest BCUT2D eigenvalue weighted by Crippen LogP contribution is -2.37. The van der Waals surface area contributed by atoms with Gasteiger partial charge < -0.3 is 5.32 Å². The molecule has 1 aromatic carbocycles. The third kappa shape index (κ3) is 3.39. The highest BCUT2D eigenvalue weighted by atomic mass is 19.1. The van der Waals surface area contributed by atoms with Crippen molar-refractivity contribution in [2.24, 2.45) is 14.1 Å². The predicted octanol–water partition coefficient (Wildman–Crippen LogP) is 1.34. The summed E-state index contributed by atoms with van der Waals surface area (Å²) in [6, 6.07) is 7.45. The second-order valence-electron chi connectivity index (χ2n) is 5.98. The SMILES string of the molecule is Cn1c(=O)c2cc(NC(=O)CCc3ccc(F)cc3)cnc2n(C)c1=O. The first-order valence-electron chi connectivity index (χ1n) is 7.97. The van der Waals surface area contributed by atoms with E-state index in [4.69, 9.17) is 0 Å². The van der Waals surface area contributed by atoms with Crippen LogP contribution in [0.5, 0.6) is 0 Å². The number of anilines is 1. The van der Waals surface area contributed by atoms with E-state index in [0.29, 0.717) is 12.1 Å². The molecule has 0 bridgehead atoms. The second-order valence-corrected chi connectivity index (χ2v) is 5.98. The molecule has 1 amide bonds. The van der Waals surface area contributed by atoms with Gasteiger partial charge in [-0.25, -0.2) is 14.2 Å². The van der Waals surface area contributed by atoms with Crippen LogP contribution >= 0.6 is 0 Å². The average molecular weight is 356 g/mol. The number of pyridine rings is 1. The largest absolute Gasteiger partial charge is 0.332 e. The summed E-state index contributed by atoms with van der Waals surface area (Å²) < 4.78 is 15.1. The number of rotatable bonds is 4. The van der Waals surface area contributed by atoms with Gasteiger partial charge in [0.15, 0.2) is 0 Å². The summed E-state index contributed by atoms with van der Waals surface area (Å²) in [5.41, 5.74) is 0.533. The number of nitrogens with zero attached hydrogens (tertiary/aromatic N) is 3. The lowest BCUT2D eigenvalue weighted by atomic mass is 10.1. The Morgan fingerprint density at radius 2 is 1.85 bits per heavy atom. The molecule has 0 saturated carbocycles. The van der Waals surface area contributed by atoms with Crippen LogP contribution in [0.2, 0.25) is 0 Å². The first-order chi connectivity index (χ1) is 12.4. The lowest BCUT2D eigenvalue weighted by molar-refractivity contribution is -0.116. The minimum absolute atomic E-state index is 0.203. The lowest BCUT2D eigenvalue weighted by Gasteiger charge is -2.09. The molecular weight excluding hydrogens is 339 g/mol. The van der Waals surface area contributed by atoms with Crippen LogP contribution in [-0.4, -0.2) is 20.0 Å². The number of aromatic nitrogens is 3. The molecular formula is C18H17FN4O3. The summed E-state index contributed by atoms with van der Waals surface area (Å²) in [5, 5.41) is 2.93. The minimum Gasteiger partial charge on any atom is -0.325 e. The van der Waals surface area contributed by atoms with E-state index in [0.717, 1.165) is 10.1 Å². The van der Waals surface area contributed by atoms with Gasteiger partial charge in [0.2, 0.25) is 5.91 Å². The molecule has 0 aliphatic carbocycles. The van der Waals surface area contributed by atoms with Crippen molar-refractivity contribution in [2.45, 2.75) is 12.8 Å². The number of fused-ring (bicyclic) bond motifs is 1. The molecule has 0 aliphatic heterocycles. The Hall–Kier alpha value is -3.29. The zero-order valence-electron chi connectivity index (χ0n) is 14.3. The van der Waals surface area contributed by atoms with Gasteiger partial charge in [-0.3, -0.25) is 18.7 Å². The Labute approximate surface area is 147 Å².